The second kappa shape index (κ2) is 19.6. The van der Waals surface area contributed by atoms with E-state index < -0.39 is 16.8 Å². The van der Waals surface area contributed by atoms with Crippen molar-refractivity contribution in [2.75, 3.05) is 0 Å². The summed E-state index contributed by atoms with van der Waals surface area (Å²) in [5.41, 5.74) is 11.3. The fourth-order valence-electron chi connectivity index (χ4n) is 8.10. The van der Waals surface area contributed by atoms with E-state index in [1.54, 1.807) is 0 Å². The Bertz CT molecular complexity index is 2550. The van der Waals surface area contributed by atoms with E-state index in [0.717, 1.165) is 55.9 Å². The fraction of sp³-hybridized carbons (Fsp3) is 0.419. The number of hydrogen-bond acceptors (Lipinski definition) is 4. The number of aryl methyl sites for hydroxylation is 2. The minimum atomic E-state index is -1.61. The Kier molecular flexibility index (Phi) is 15.2. The fourth-order valence-corrected chi connectivity index (χ4v) is 10.7. The largest absolute Gasteiger partial charge is 0.435 e. The molecule has 0 bridgehead atoms. The summed E-state index contributed by atoms with van der Waals surface area (Å²) in [5, 5.41) is 1.98. The molecular weight excluding hydrogens is 871 g/mol. The summed E-state index contributed by atoms with van der Waals surface area (Å²) in [6, 6.07) is 43.7. The minimum Gasteiger partial charge on any atom is -0.435 e. The Morgan fingerprint density at radius 1 is 0.279 bits per heavy atom. The van der Waals surface area contributed by atoms with E-state index in [-0.39, 0.29) is 32.5 Å². The highest BCUT2D eigenvalue weighted by atomic mass is 31.2. The van der Waals surface area contributed by atoms with Crippen molar-refractivity contribution in [2.24, 2.45) is 0 Å². The zero-order chi connectivity index (χ0) is 50.4. The van der Waals surface area contributed by atoms with Gasteiger partial charge in [-0.25, -0.2) is 0 Å². The van der Waals surface area contributed by atoms with Crippen LogP contribution in [0, 0.1) is 13.8 Å². The predicted octanol–water partition coefficient (Wildman–Crippen LogP) is 17.9. The smallest absolute Gasteiger partial charge is 0.326 e. The van der Waals surface area contributed by atoms with Gasteiger partial charge in [0.1, 0.15) is 23.0 Å². The maximum absolute atomic E-state index is 7.17. The van der Waals surface area contributed by atoms with Crippen LogP contribution in [0.4, 0.5) is 0 Å². The summed E-state index contributed by atoms with van der Waals surface area (Å²) < 4.78 is 28.4. The van der Waals surface area contributed by atoms with E-state index in [0.29, 0.717) is 0 Å². The highest BCUT2D eigenvalue weighted by Crippen LogP contribution is 2.49. The Hall–Kier alpha value is -4.62. The molecule has 0 saturated carbocycles. The number of benzene rings is 6. The molecule has 4 nitrogen and oxygen atoms in total. The Morgan fingerprint density at radius 3 is 0.779 bits per heavy atom. The second-order valence-electron chi connectivity index (χ2n) is 24.9. The van der Waals surface area contributed by atoms with Gasteiger partial charge in [0.05, 0.1) is 10.6 Å². The Labute approximate surface area is 414 Å². The van der Waals surface area contributed by atoms with E-state index in [1.807, 2.05) is 0 Å². The van der Waals surface area contributed by atoms with Crippen molar-refractivity contribution in [3.8, 4) is 34.1 Å². The third-order valence-corrected chi connectivity index (χ3v) is 15.3. The van der Waals surface area contributed by atoms with Crippen molar-refractivity contribution in [2.45, 2.75) is 171 Å². The van der Waals surface area contributed by atoms with Crippen molar-refractivity contribution < 1.29 is 18.1 Å². The van der Waals surface area contributed by atoms with E-state index in [1.165, 1.54) is 33.4 Å². The molecule has 0 radical (unpaired) electrons. The van der Waals surface area contributed by atoms with Crippen molar-refractivity contribution in [1.82, 2.24) is 0 Å². The molecule has 0 saturated heterocycles. The molecule has 0 unspecified atom stereocenters. The van der Waals surface area contributed by atoms with Gasteiger partial charge in [0.15, 0.2) is 0 Å². The molecule has 6 aromatic rings. The molecule has 0 aliphatic heterocycles. The van der Waals surface area contributed by atoms with Gasteiger partial charge >= 0.3 is 16.8 Å². The van der Waals surface area contributed by atoms with Crippen LogP contribution in [0.15, 0.2) is 121 Å². The van der Waals surface area contributed by atoms with Crippen LogP contribution in [0.3, 0.4) is 0 Å². The first-order chi connectivity index (χ1) is 31.3. The van der Waals surface area contributed by atoms with Crippen LogP contribution in [0.1, 0.15) is 169 Å². The van der Waals surface area contributed by atoms with Gasteiger partial charge in [-0.1, -0.05) is 209 Å². The van der Waals surface area contributed by atoms with Gasteiger partial charge < -0.3 is 18.1 Å². The van der Waals surface area contributed by atoms with E-state index >= 15 is 0 Å². The molecule has 0 fully saturated rings. The molecule has 0 aliphatic rings. The molecule has 0 aliphatic carbocycles. The van der Waals surface area contributed by atoms with Gasteiger partial charge in [0.25, 0.3) is 0 Å². The number of hydrogen-bond donors (Lipinski definition) is 0. The average Bonchev–Trinajstić information content (AvgIpc) is 3.22. The highest BCUT2D eigenvalue weighted by molar-refractivity contribution is 7.57. The minimum absolute atomic E-state index is 0.0000469. The quantitative estimate of drug-likeness (QED) is 0.121. The van der Waals surface area contributed by atoms with E-state index in [9.17, 15) is 0 Å². The molecular formula is C62H80O4P2. The van der Waals surface area contributed by atoms with Crippen LogP contribution >= 0.6 is 16.8 Å². The van der Waals surface area contributed by atoms with Gasteiger partial charge in [0, 0.05) is 22.3 Å². The second-order valence-corrected chi connectivity index (χ2v) is 27.7. The van der Waals surface area contributed by atoms with Crippen LogP contribution < -0.4 is 28.7 Å². The summed E-state index contributed by atoms with van der Waals surface area (Å²) in [7, 11) is -3.18. The molecule has 68 heavy (non-hydrogen) atoms. The van der Waals surface area contributed by atoms with Gasteiger partial charge in [-0.15, -0.1) is 0 Å². The normalized spacial score (nSPS) is 13.0. The van der Waals surface area contributed by atoms with Crippen molar-refractivity contribution in [3.63, 3.8) is 0 Å². The summed E-state index contributed by atoms with van der Waals surface area (Å²) >= 11 is 0. The first-order valence-corrected chi connectivity index (χ1v) is 26.7. The summed E-state index contributed by atoms with van der Waals surface area (Å²) in [4.78, 5) is 0. The zero-order valence-electron chi connectivity index (χ0n) is 45.1. The van der Waals surface area contributed by atoms with Crippen molar-refractivity contribution >= 4 is 27.4 Å². The molecule has 0 spiro atoms. The highest BCUT2D eigenvalue weighted by Gasteiger charge is 2.31. The summed E-state index contributed by atoms with van der Waals surface area (Å²) in [6.07, 6.45) is 0. The lowest BCUT2D eigenvalue weighted by Gasteiger charge is -2.30. The van der Waals surface area contributed by atoms with E-state index in [2.05, 4.69) is 260 Å². The van der Waals surface area contributed by atoms with Crippen LogP contribution in [0.2, 0.25) is 0 Å². The van der Waals surface area contributed by atoms with Gasteiger partial charge in [-0.2, -0.15) is 0 Å². The maximum atomic E-state index is 7.17. The third kappa shape index (κ3) is 13.0. The summed E-state index contributed by atoms with van der Waals surface area (Å²) in [5.74, 6) is 3.39. The lowest BCUT2D eigenvalue weighted by atomic mass is 9.80. The predicted molar refractivity (Wildman–Crippen MR) is 295 cm³/mol. The summed E-state index contributed by atoms with van der Waals surface area (Å²) in [6.45, 7) is 44.8. The standard InChI is InChI=1S/C62H80O4P2/c1-41-21-33-53(49(37-41)59(9,10)11)63-67(64-54-34-22-42(2)38-50(54)60(12,13)14)47-29-23-43(24-30-47)44-25-31-48(32-26-44)68(65-55-35-27-45(57(3,4)5)39-51(55)61(15,16)17)66-56-36-28-46(58(6,7)8)40-52(56)62(18,19)20/h21-40H,1-20H3. The third-order valence-electron chi connectivity index (χ3n) is 12.4. The maximum Gasteiger partial charge on any atom is 0.326 e. The van der Waals surface area contributed by atoms with E-state index in [4.69, 9.17) is 18.1 Å². The zero-order valence-corrected chi connectivity index (χ0v) is 46.9. The molecule has 6 rings (SSSR count). The first kappa shape index (κ1) is 52.7. The van der Waals surface area contributed by atoms with Crippen LogP contribution in [-0.2, 0) is 32.5 Å². The Morgan fingerprint density at radius 2 is 0.529 bits per heavy atom. The number of rotatable bonds is 11. The van der Waals surface area contributed by atoms with Crippen molar-refractivity contribution in [1.29, 1.82) is 0 Å². The van der Waals surface area contributed by atoms with Crippen LogP contribution in [-0.4, -0.2) is 0 Å². The molecule has 0 amide bonds. The average molecular weight is 951 g/mol. The Balaban J connectivity index is 1.40. The lowest BCUT2D eigenvalue weighted by molar-refractivity contribution is 0.466. The molecule has 0 heterocycles. The van der Waals surface area contributed by atoms with Crippen LogP contribution in [0.5, 0.6) is 23.0 Å². The van der Waals surface area contributed by atoms with Crippen molar-refractivity contribution in [3.05, 3.63) is 166 Å². The van der Waals surface area contributed by atoms with Gasteiger partial charge in [-0.05, 0) is 117 Å². The molecule has 6 heteroatoms. The first-order valence-electron chi connectivity index (χ1n) is 24.3. The molecule has 362 valence electrons. The SMILES string of the molecule is Cc1ccc(OP(Oc2ccc(C)cc2C(C)(C)C)c2ccc(-c3ccc(P(Oc4ccc(C(C)(C)C)cc4C(C)(C)C)Oc4ccc(C(C)(C)C)cc4C(C)(C)C)cc3)cc2)c(C(C)(C)C)c1. The monoisotopic (exact) mass is 951 g/mol. The molecule has 0 aromatic heterocycles. The molecule has 0 N–H and O–H groups in total. The topological polar surface area (TPSA) is 36.9 Å². The lowest BCUT2D eigenvalue weighted by Crippen LogP contribution is -2.20. The molecule has 0 atom stereocenters. The van der Waals surface area contributed by atoms with Gasteiger partial charge in [-0.3, -0.25) is 0 Å². The molecule has 6 aromatic carbocycles. The van der Waals surface area contributed by atoms with Crippen LogP contribution in [0.25, 0.3) is 11.1 Å². The van der Waals surface area contributed by atoms with Gasteiger partial charge in [0.2, 0.25) is 0 Å².